The van der Waals surface area contributed by atoms with Gasteiger partial charge in [0.2, 0.25) is 0 Å². The van der Waals surface area contributed by atoms with E-state index >= 15 is 0 Å². The van der Waals surface area contributed by atoms with Crippen LogP contribution in [0.5, 0.6) is 0 Å². The van der Waals surface area contributed by atoms with Crippen LogP contribution < -0.4 is 5.73 Å². The zero-order chi connectivity index (χ0) is 15.4. The number of carbonyl (C=O) groups excluding carboxylic acids is 1. The Hall–Kier alpha value is -1.46. The number of aryl methyl sites for hydroxylation is 2. The lowest BCUT2D eigenvalue weighted by atomic mass is 10.0. The summed E-state index contributed by atoms with van der Waals surface area (Å²) in [7, 11) is 0. The highest BCUT2D eigenvalue weighted by molar-refractivity contribution is 9.10. The lowest BCUT2D eigenvalue weighted by Gasteiger charge is -2.06. The Balaban J connectivity index is 2.24. The number of nitrogens with two attached hydrogens (primary N) is 1. The number of ketones is 1. The molecule has 0 aliphatic rings. The first-order valence-corrected chi connectivity index (χ1v) is 7.96. The molecular weight excluding hydrogens is 330 g/mol. The maximum absolute atomic E-state index is 12.4. The number of nitrogens with zero attached hydrogens (tertiary/aromatic N) is 2. The van der Waals surface area contributed by atoms with Crippen LogP contribution in [0.4, 0.5) is 0 Å². The number of hydrogen-bond donors (Lipinski definition) is 1. The average molecular weight is 350 g/mol. The fourth-order valence-electron chi connectivity index (χ4n) is 2.27. The van der Waals surface area contributed by atoms with Crippen molar-refractivity contribution in [2.24, 2.45) is 5.73 Å². The summed E-state index contributed by atoms with van der Waals surface area (Å²) in [4.78, 5) is 12.4. The van der Waals surface area contributed by atoms with E-state index < -0.39 is 0 Å². The summed E-state index contributed by atoms with van der Waals surface area (Å²) in [5.41, 5.74) is 9.25. The Kier molecular flexibility index (Phi) is 5.31. The second-order valence-corrected chi connectivity index (χ2v) is 5.67. The Morgan fingerprint density at radius 3 is 2.48 bits per heavy atom. The number of aromatic nitrogens is 2. The molecule has 112 valence electrons. The molecule has 1 aromatic carbocycles. The smallest absolute Gasteiger partial charge is 0.168 e. The molecule has 0 radical (unpaired) electrons. The van der Waals surface area contributed by atoms with Gasteiger partial charge in [0.05, 0.1) is 22.3 Å². The highest BCUT2D eigenvalue weighted by Gasteiger charge is 2.17. The topological polar surface area (TPSA) is 60.9 Å². The lowest BCUT2D eigenvalue weighted by molar-refractivity contribution is 0.0990. The zero-order valence-corrected chi connectivity index (χ0v) is 14.0. The molecule has 1 heterocycles. The van der Waals surface area contributed by atoms with E-state index in [1.54, 1.807) is 0 Å². The molecule has 0 aliphatic carbocycles. The maximum Gasteiger partial charge on any atom is 0.168 e. The Bertz CT molecular complexity index is 632. The average Bonchev–Trinajstić information content (AvgIpc) is 2.83. The number of hydrogen-bond acceptors (Lipinski definition) is 3. The molecule has 0 saturated heterocycles. The fourth-order valence-corrected chi connectivity index (χ4v) is 2.97. The summed E-state index contributed by atoms with van der Waals surface area (Å²) in [5.74, 6) is 0.0940. The van der Waals surface area contributed by atoms with Gasteiger partial charge in [0.1, 0.15) is 0 Å². The molecule has 2 rings (SSSR count). The van der Waals surface area contributed by atoms with E-state index in [1.807, 2.05) is 35.9 Å². The summed E-state index contributed by atoms with van der Waals surface area (Å²) in [6.07, 6.45) is 1.20. The molecule has 5 heteroatoms. The minimum atomic E-state index is 0.0940. The van der Waals surface area contributed by atoms with E-state index in [1.165, 1.54) is 0 Å². The summed E-state index contributed by atoms with van der Waals surface area (Å²) in [6, 6.07) is 7.48. The van der Waals surface area contributed by atoms with Gasteiger partial charge in [-0.2, -0.15) is 5.10 Å². The molecule has 0 fully saturated rings. The van der Waals surface area contributed by atoms with Crippen LogP contribution in [0.3, 0.4) is 0 Å². The summed E-state index contributed by atoms with van der Waals surface area (Å²) in [5, 5.41) is 4.52. The molecule has 4 nitrogen and oxygen atoms in total. The fraction of sp³-hybridized carbons (Fsp3) is 0.375. The lowest BCUT2D eigenvalue weighted by Crippen LogP contribution is -2.10. The number of halogens is 1. The first-order valence-electron chi connectivity index (χ1n) is 7.16. The van der Waals surface area contributed by atoms with Crippen molar-refractivity contribution in [3.8, 4) is 0 Å². The first-order chi connectivity index (χ1) is 10.1. The van der Waals surface area contributed by atoms with Crippen molar-refractivity contribution in [1.82, 2.24) is 9.78 Å². The van der Waals surface area contributed by atoms with Crippen molar-refractivity contribution in [3.05, 3.63) is 51.3 Å². The summed E-state index contributed by atoms with van der Waals surface area (Å²) < 4.78 is 2.86. The van der Waals surface area contributed by atoms with Crippen LogP contribution in [0, 0.1) is 0 Å². The SMILES string of the molecule is CCc1nn(CC)c(CC(=O)c2ccc(CN)cc2)c1Br. The van der Waals surface area contributed by atoms with Gasteiger partial charge in [-0.15, -0.1) is 0 Å². The Labute approximate surface area is 133 Å². The van der Waals surface area contributed by atoms with Gasteiger partial charge >= 0.3 is 0 Å². The van der Waals surface area contributed by atoms with E-state index in [4.69, 9.17) is 5.73 Å². The molecule has 0 amide bonds. The molecule has 21 heavy (non-hydrogen) atoms. The van der Waals surface area contributed by atoms with Crippen LogP contribution >= 0.6 is 15.9 Å². The van der Waals surface area contributed by atoms with Crippen molar-refractivity contribution in [3.63, 3.8) is 0 Å². The Morgan fingerprint density at radius 1 is 1.29 bits per heavy atom. The molecule has 0 atom stereocenters. The minimum absolute atomic E-state index is 0.0940. The summed E-state index contributed by atoms with van der Waals surface area (Å²) in [6.45, 7) is 5.34. The maximum atomic E-state index is 12.4. The third-order valence-corrected chi connectivity index (χ3v) is 4.45. The predicted molar refractivity (Wildman–Crippen MR) is 87.3 cm³/mol. The van der Waals surface area contributed by atoms with Crippen LogP contribution in [0.2, 0.25) is 0 Å². The molecule has 0 bridgehead atoms. The van der Waals surface area contributed by atoms with Crippen molar-refractivity contribution >= 4 is 21.7 Å². The molecule has 2 N–H and O–H groups in total. The zero-order valence-electron chi connectivity index (χ0n) is 12.4. The number of rotatable bonds is 6. The van der Waals surface area contributed by atoms with E-state index in [9.17, 15) is 4.79 Å². The van der Waals surface area contributed by atoms with Crippen molar-refractivity contribution in [1.29, 1.82) is 0 Å². The van der Waals surface area contributed by atoms with Crippen molar-refractivity contribution < 1.29 is 4.79 Å². The van der Waals surface area contributed by atoms with Crippen LogP contribution in [0.25, 0.3) is 0 Å². The van der Waals surface area contributed by atoms with Crippen LogP contribution in [0.15, 0.2) is 28.7 Å². The van der Waals surface area contributed by atoms with Gasteiger partial charge in [-0.3, -0.25) is 9.48 Å². The highest BCUT2D eigenvalue weighted by atomic mass is 79.9. The van der Waals surface area contributed by atoms with Gasteiger partial charge in [0, 0.05) is 18.7 Å². The normalized spacial score (nSPS) is 10.9. The van der Waals surface area contributed by atoms with E-state index in [0.717, 1.165) is 34.4 Å². The molecule has 0 unspecified atom stereocenters. The van der Waals surface area contributed by atoms with Crippen LogP contribution in [-0.2, 0) is 25.9 Å². The molecule has 0 aliphatic heterocycles. The third-order valence-electron chi connectivity index (χ3n) is 3.53. The highest BCUT2D eigenvalue weighted by Crippen LogP contribution is 2.24. The standard InChI is InChI=1S/C16H20BrN3O/c1-3-13-16(17)14(20(4-2)19-13)9-15(21)12-7-5-11(10-18)6-8-12/h5-8H,3-4,9-10,18H2,1-2H3. The monoisotopic (exact) mass is 349 g/mol. The largest absolute Gasteiger partial charge is 0.326 e. The second-order valence-electron chi connectivity index (χ2n) is 4.88. The van der Waals surface area contributed by atoms with Gasteiger partial charge in [-0.25, -0.2) is 0 Å². The van der Waals surface area contributed by atoms with Crippen LogP contribution in [-0.4, -0.2) is 15.6 Å². The number of benzene rings is 1. The van der Waals surface area contributed by atoms with Gasteiger partial charge < -0.3 is 5.73 Å². The number of Topliss-reactive ketones (excluding diaryl/α,β-unsaturated/α-hetero) is 1. The van der Waals surface area contributed by atoms with Crippen molar-refractivity contribution in [2.45, 2.75) is 39.8 Å². The minimum Gasteiger partial charge on any atom is -0.326 e. The molecule has 0 spiro atoms. The second kappa shape index (κ2) is 7.00. The molecular formula is C16H20BrN3O. The quantitative estimate of drug-likeness (QED) is 0.815. The third kappa shape index (κ3) is 3.41. The van der Waals surface area contributed by atoms with Crippen LogP contribution in [0.1, 0.15) is 41.2 Å². The molecule has 1 aromatic heterocycles. The van der Waals surface area contributed by atoms with E-state index in [-0.39, 0.29) is 5.78 Å². The van der Waals surface area contributed by atoms with Gasteiger partial charge in [-0.1, -0.05) is 31.2 Å². The van der Waals surface area contributed by atoms with Gasteiger partial charge in [0.25, 0.3) is 0 Å². The van der Waals surface area contributed by atoms with Crippen molar-refractivity contribution in [2.75, 3.05) is 0 Å². The molecule has 0 saturated carbocycles. The number of carbonyl (C=O) groups is 1. The Morgan fingerprint density at radius 2 is 1.95 bits per heavy atom. The first kappa shape index (κ1) is 15.9. The summed E-state index contributed by atoms with van der Waals surface area (Å²) >= 11 is 3.57. The molecule has 2 aromatic rings. The van der Waals surface area contributed by atoms with Gasteiger partial charge in [0.15, 0.2) is 5.78 Å². The van der Waals surface area contributed by atoms with Gasteiger partial charge in [-0.05, 0) is 34.8 Å². The van der Waals surface area contributed by atoms with E-state index in [0.29, 0.717) is 18.5 Å². The van der Waals surface area contributed by atoms with E-state index in [2.05, 4.69) is 28.0 Å². The predicted octanol–water partition coefficient (Wildman–Crippen LogP) is 3.11.